The van der Waals surface area contributed by atoms with Crippen LogP contribution in [0.3, 0.4) is 0 Å². The fraction of sp³-hybridized carbons (Fsp3) is 0.850. The normalized spacial score (nSPS) is 28.3. The Bertz CT molecular complexity index is 463. The molecule has 1 saturated carbocycles. The number of nitrogens with one attached hydrogen (secondary N) is 2. The average Bonchev–Trinajstić information content (AvgIpc) is 2.57. The number of likely N-dealkylation sites (tertiary alicyclic amines) is 1. The predicted octanol–water partition coefficient (Wildman–Crippen LogP) is 3.14. The first-order valence-electron chi connectivity index (χ1n) is 10.0. The number of nitrogens with zero attached hydrogens (tertiary/aromatic N) is 2. The van der Waals surface area contributed by atoms with Crippen molar-refractivity contribution in [3.8, 4) is 0 Å². The van der Waals surface area contributed by atoms with Crippen LogP contribution >= 0.6 is 24.0 Å². The largest absolute Gasteiger partial charge is 0.392 e. The summed E-state index contributed by atoms with van der Waals surface area (Å²) in [5.74, 6) is 0.903. The van der Waals surface area contributed by atoms with E-state index in [2.05, 4.69) is 42.9 Å². The molecule has 2 unspecified atom stereocenters. The Kier molecular flexibility index (Phi) is 10.5. The lowest BCUT2D eigenvalue weighted by Gasteiger charge is -2.37. The van der Waals surface area contributed by atoms with E-state index in [1.54, 1.807) is 0 Å². The van der Waals surface area contributed by atoms with Gasteiger partial charge < -0.3 is 15.7 Å². The third-order valence-corrected chi connectivity index (χ3v) is 5.64. The van der Waals surface area contributed by atoms with Crippen molar-refractivity contribution >= 4 is 29.9 Å². The summed E-state index contributed by atoms with van der Waals surface area (Å²) < 4.78 is 0. The number of aliphatic imine (C=N–C) groups is 1. The van der Waals surface area contributed by atoms with Gasteiger partial charge in [-0.2, -0.15) is 0 Å². The summed E-state index contributed by atoms with van der Waals surface area (Å²) in [6.07, 6.45) is 6.37. The summed E-state index contributed by atoms with van der Waals surface area (Å²) in [6, 6.07) is 0.475. The van der Waals surface area contributed by atoms with Gasteiger partial charge >= 0.3 is 0 Å². The van der Waals surface area contributed by atoms with Crippen molar-refractivity contribution in [2.45, 2.75) is 71.4 Å². The van der Waals surface area contributed by atoms with E-state index in [4.69, 9.17) is 4.99 Å². The minimum atomic E-state index is -0.224. The molecular formula is C20H39IN4O. The molecule has 1 aliphatic heterocycles. The number of rotatable bonds is 6. The number of aliphatic hydroxyl groups is 1. The SMILES string of the molecule is C=C(C)CN1CCC(NC(=NCC2(C)CCCCC2O)NCC)CC1.I. The summed E-state index contributed by atoms with van der Waals surface area (Å²) in [7, 11) is 0. The van der Waals surface area contributed by atoms with Crippen molar-refractivity contribution in [3.63, 3.8) is 0 Å². The van der Waals surface area contributed by atoms with E-state index in [1.165, 1.54) is 12.0 Å². The first kappa shape index (κ1) is 23.7. The molecule has 2 aliphatic rings. The van der Waals surface area contributed by atoms with Crippen LogP contribution in [0.15, 0.2) is 17.1 Å². The van der Waals surface area contributed by atoms with Gasteiger partial charge in [-0.25, -0.2) is 0 Å². The number of aliphatic hydroxyl groups excluding tert-OH is 1. The second-order valence-corrected chi connectivity index (χ2v) is 8.26. The van der Waals surface area contributed by atoms with Crippen LogP contribution in [0.1, 0.15) is 59.3 Å². The van der Waals surface area contributed by atoms with Crippen LogP contribution in [-0.4, -0.2) is 60.8 Å². The standard InChI is InChI=1S/C20H38N4O.HI/c1-5-21-19(22-15-20(4)11-7-6-8-18(20)25)23-17-9-12-24(13-10-17)14-16(2)3;/h17-18,25H,2,5-15H2,1,3-4H3,(H2,21,22,23);1H. The Balaban J connectivity index is 0.00000338. The second-order valence-electron chi connectivity index (χ2n) is 8.26. The Hall–Kier alpha value is -0.340. The van der Waals surface area contributed by atoms with Crippen LogP contribution in [0.5, 0.6) is 0 Å². The van der Waals surface area contributed by atoms with E-state index >= 15 is 0 Å². The molecule has 1 saturated heterocycles. The zero-order valence-electron chi connectivity index (χ0n) is 16.9. The highest BCUT2D eigenvalue weighted by Crippen LogP contribution is 2.36. The van der Waals surface area contributed by atoms with Crippen LogP contribution in [0.2, 0.25) is 0 Å². The molecule has 26 heavy (non-hydrogen) atoms. The first-order chi connectivity index (χ1) is 11.9. The lowest BCUT2D eigenvalue weighted by atomic mass is 9.73. The second kappa shape index (κ2) is 11.5. The molecule has 1 aliphatic carbocycles. The zero-order valence-corrected chi connectivity index (χ0v) is 19.2. The van der Waals surface area contributed by atoms with Gasteiger partial charge in [0.25, 0.3) is 0 Å². The molecule has 2 atom stereocenters. The predicted molar refractivity (Wildman–Crippen MR) is 121 cm³/mol. The molecule has 6 heteroatoms. The maximum atomic E-state index is 10.4. The van der Waals surface area contributed by atoms with Gasteiger partial charge in [0.1, 0.15) is 0 Å². The Morgan fingerprint density at radius 3 is 2.54 bits per heavy atom. The number of halogens is 1. The fourth-order valence-electron chi connectivity index (χ4n) is 3.96. The van der Waals surface area contributed by atoms with Crippen LogP contribution in [0, 0.1) is 5.41 Å². The maximum absolute atomic E-state index is 10.4. The fourth-order valence-corrected chi connectivity index (χ4v) is 3.96. The van der Waals surface area contributed by atoms with E-state index in [-0.39, 0.29) is 35.5 Å². The molecular weight excluding hydrogens is 439 g/mol. The van der Waals surface area contributed by atoms with Crippen LogP contribution < -0.4 is 10.6 Å². The number of guanidine groups is 1. The highest BCUT2D eigenvalue weighted by Gasteiger charge is 2.35. The average molecular weight is 478 g/mol. The Morgan fingerprint density at radius 2 is 1.96 bits per heavy atom. The molecule has 2 rings (SSSR count). The summed E-state index contributed by atoms with van der Waals surface area (Å²) >= 11 is 0. The third-order valence-electron chi connectivity index (χ3n) is 5.64. The van der Waals surface area contributed by atoms with Crippen molar-refractivity contribution in [3.05, 3.63) is 12.2 Å². The maximum Gasteiger partial charge on any atom is 0.191 e. The molecule has 3 N–H and O–H groups in total. The van der Waals surface area contributed by atoms with Gasteiger partial charge in [-0.05, 0) is 39.5 Å². The molecule has 0 bridgehead atoms. The minimum Gasteiger partial charge on any atom is -0.392 e. The van der Waals surface area contributed by atoms with Gasteiger partial charge in [0.2, 0.25) is 0 Å². The molecule has 152 valence electrons. The highest BCUT2D eigenvalue weighted by molar-refractivity contribution is 14.0. The Morgan fingerprint density at radius 1 is 1.27 bits per heavy atom. The quantitative estimate of drug-likeness (QED) is 0.238. The molecule has 0 radical (unpaired) electrons. The lowest BCUT2D eigenvalue weighted by Crippen LogP contribution is -2.49. The lowest BCUT2D eigenvalue weighted by molar-refractivity contribution is 0.00715. The van der Waals surface area contributed by atoms with Crippen molar-refractivity contribution in [2.75, 3.05) is 32.7 Å². The summed E-state index contributed by atoms with van der Waals surface area (Å²) in [5, 5.41) is 17.4. The van der Waals surface area contributed by atoms with Gasteiger partial charge in [0, 0.05) is 37.6 Å². The highest BCUT2D eigenvalue weighted by atomic mass is 127. The van der Waals surface area contributed by atoms with E-state index in [9.17, 15) is 5.11 Å². The van der Waals surface area contributed by atoms with Gasteiger partial charge in [0.05, 0.1) is 12.6 Å². The molecule has 0 aromatic carbocycles. The minimum absolute atomic E-state index is 0. The van der Waals surface area contributed by atoms with E-state index in [0.29, 0.717) is 12.6 Å². The topological polar surface area (TPSA) is 59.9 Å². The first-order valence-corrected chi connectivity index (χ1v) is 10.0. The summed E-state index contributed by atoms with van der Waals surface area (Å²) in [5.41, 5.74) is 1.16. The third kappa shape index (κ3) is 7.35. The van der Waals surface area contributed by atoms with Gasteiger partial charge in [-0.3, -0.25) is 9.89 Å². The molecule has 2 fully saturated rings. The van der Waals surface area contributed by atoms with Gasteiger partial charge in [-0.1, -0.05) is 31.9 Å². The number of hydrogen-bond donors (Lipinski definition) is 3. The van der Waals surface area contributed by atoms with Crippen LogP contribution in [0.4, 0.5) is 0 Å². The Labute approximate surface area is 177 Å². The van der Waals surface area contributed by atoms with Crippen molar-refractivity contribution in [1.29, 1.82) is 0 Å². The van der Waals surface area contributed by atoms with Gasteiger partial charge in [-0.15, -0.1) is 24.0 Å². The summed E-state index contributed by atoms with van der Waals surface area (Å²) in [4.78, 5) is 7.30. The van der Waals surface area contributed by atoms with Crippen molar-refractivity contribution < 1.29 is 5.11 Å². The molecule has 5 nitrogen and oxygen atoms in total. The van der Waals surface area contributed by atoms with E-state index in [0.717, 1.165) is 64.2 Å². The monoisotopic (exact) mass is 478 g/mol. The number of piperidine rings is 1. The van der Waals surface area contributed by atoms with Crippen LogP contribution in [0.25, 0.3) is 0 Å². The molecule has 1 heterocycles. The molecule has 0 spiro atoms. The molecule has 0 aromatic rings. The van der Waals surface area contributed by atoms with E-state index < -0.39 is 0 Å². The van der Waals surface area contributed by atoms with Crippen molar-refractivity contribution in [1.82, 2.24) is 15.5 Å². The summed E-state index contributed by atoms with van der Waals surface area (Å²) in [6.45, 7) is 15.2. The van der Waals surface area contributed by atoms with Crippen LogP contribution in [-0.2, 0) is 0 Å². The molecule has 0 amide bonds. The van der Waals surface area contributed by atoms with E-state index in [1.807, 2.05) is 0 Å². The van der Waals surface area contributed by atoms with Gasteiger partial charge in [0.15, 0.2) is 5.96 Å². The van der Waals surface area contributed by atoms with Crippen molar-refractivity contribution in [2.24, 2.45) is 10.4 Å². The number of hydrogen-bond acceptors (Lipinski definition) is 3. The zero-order chi connectivity index (χ0) is 18.3. The molecule has 0 aromatic heterocycles. The smallest absolute Gasteiger partial charge is 0.191 e.